The van der Waals surface area contributed by atoms with Crippen LogP contribution < -0.4 is 14.2 Å². The Morgan fingerprint density at radius 1 is 0.853 bits per heavy atom. The fraction of sp³-hybridized carbons (Fsp3) is 0.292. The van der Waals surface area contributed by atoms with Gasteiger partial charge in [0.05, 0.1) is 26.7 Å². The van der Waals surface area contributed by atoms with Crippen LogP contribution in [0.4, 0.5) is 0 Å². The van der Waals surface area contributed by atoms with Crippen molar-refractivity contribution in [3.63, 3.8) is 0 Å². The number of ether oxygens (including phenoxy) is 4. The molecule has 0 N–H and O–H groups in total. The lowest BCUT2D eigenvalue weighted by atomic mass is 9.79. The smallest absolute Gasteiger partial charge is 0.323 e. The summed E-state index contributed by atoms with van der Waals surface area (Å²) in [6.45, 7) is 0. The van der Waals surface area contributed by atoms with Crippen molar-refractivity contribution in [2.75, 3.05) is 21.3 Å². The fourth-order valence-corrected chi connectivity index (χ4v) is 3.91. The monoisotopic (exact) mass is 462 g/mol. The summed E-state index contributed by atoms with van der Waals surface area (Å²) in [6.07, 6.45) is -0.381. The van der Waals surface area contributed by atoms with Crippen LogP contribution >= 0.6 is 0 Å². The molecule has 2 aromatic heterocycles. The number of aromatic nitrogens is 6. The van der Waals surface area contributed by atoms with Gasteiger partial charge < -0.3 is 18.9 Å². The van der Waals surface area contributed by atoms with E-state index >= 15 is 0 Å². The molecular formula is C24H26N6O4. The summed E-state index contributed by atoms with van der Waals surface area (Å²) in [6, 6.07) is 21.4. The Bertz CT molecular complexity index is 1140. The summed E-state index contributed by atoms with van der Waals surface area (Å²) >= 11 is 0. The van der Waals surface area contributed by atoms with E-state index in [1.807, 2.05) is 60.7 Å². The average molecular weight is 463 g/mol. The quantitative estimate of drug-likeness (QED) is 0.351. The predicted octanol–water partition coefficient (Wildman–Crippen LogP) is 2.60. The van der Waals surface area contributed by atoms with Crippen LogP contribution in [-0.2, 0) is 23.8 Å². The van der Waals surface area contributed by atoms with Crippen LogP contribution in [0.3, 0.4) is 0 Å². The van der Waals surface area contributed by atoms with E-state index in [1.54, 1.807) is 24.9 Å². The molecule has 0 saturated carbocycles. The maximum Gasteiger partial charge on any atom is 0.323 e. The van der Waals surface area contributed by atoms with Crippen molar-refractivity contribution >= 4 is 0 Å². The molecule has 176 valence electrons. The fourth-order valence-electron chi connectivity index (χ4n) is 3.91. The van der Waals surface area contributed by atoms with Crippen molar-refractivity contribution in [3.05, 3.63) is 83.7 Å². The van der Waals surface area contributed by atoms with Gasteiger partial charge in [-0.25, -0.2) is 4.68 Å². The van der Waals surface area contributed by atoms with Crippen molar-refractivity contribution in [1.29, 1.82) is 0 Å². The van der Waals surface area contributed by atoms with Gasteiger partial charge in [0.25, 0.3) is 0 Å². The number of aryl methyl sites for hydroxylation is 1. The first-order valence-electron chi connectivity index (χ1n) is 10.6. The first-order valence-corrected chi connectivity index (χ1v) is 10.6. The van der Waals surface area contributed by atoms with Gasteiger partial charge in [-0.15, -0.1) is 5.10 Å². The maximum absolute atomic E-state index is 6.48. The zero-order chi connectivity index (χ0) is 24.0. The molecule has 0 aliphatic rings. The van der Waals surface area contributed by atoms with E-state index in [4.69, 9.17) is 18.9 Å². The highest BCUT2D eigenvalue weighted by atomic mass is 16.6. The number of rotatable bonds is 10. The van der Waals surface area contributed by atoms with Gasteiger partial charge in [0.1, 0.15) is 6.10 Å². The van der Waals surface area contributed by atoms with Crippen molar-refractivity contribution in [1.82, 2.24) is 30.2 Å². The molecule has 10 heteroatoms. The van der Waals surface area contributed by atoms with E-state index < -0.39 is 11.7 Å². The van der Waals surface area contributed by atoms with Gasteiger partial charge in [0.2, 0.25) is 11.8 Å². The minimum absolute atomic E-state index is 0.0737. The first-order chi connectivity index (χ1) is 16.6. The Morgan fingerprint density at radius 3 is 1.85 bits per heavy atom. The Hall–Kier alpha value is -4.05. The van der Waals surface area contributed by atoms with Crippen molar-refractivity contribution in [2.24, 2.45) is 7.05 Å². The van der Waals surface area contributed by atoms with Crippen LogP contribution in [0, 0.1) is 0 Å². The molecule has 0 spiro atoms. The summed E-state index contributed by atoms with van der Waals surface area (Å²) in [5.41, 5.74) is 0.728. The molecule has 0 aliphatic heterocycles. The van der Waals surface area contributed by atoms with Gasteiger partial charge in [-0.2, -0.15) is 9.97 Å². The van der Waals surface area contributed by atoms with Crippen molar-refractivity contribution in [3.8, 4) is 17.8 Å². The number of nitrogens with zero attached hydrogens (tertiary/aromatic N) is 6. The van der Waals surface area contributed by atoms with E-state index in [-0.39, 0.29) is 6.01 Å². The molecule has 1 unspecified atom stereocenters. The second kappa shape index (κ2) is 10.3. The summed E-state index contributed by atoms with van der Waals surface area (Å²) in [5, 5.41) is 11.9. The van der Waals surface area contributed by atoms with E-state index in [0.717, 1.165) is 11.1 Å². The van der Waals surface area contributed by atoms with Crippen molar-refractivity contribution < 1.29 is 18.9 Å². The zero-order valence-corrected chi connectivity index (χ0v) is 19.5. The highest BCUT2D eigenvalue weighted by Gasteiger charge is 2.45. The molecule has 0 bridgehead atoms. The highest BCUT2D eigenvalue weighted by Crippen LogP contribution is 2.39. The van der Waals surface area contributed by atoms with Crippen molar-refractivity contribution in [2.45, 2.75) is 18.1 Å². The third-order valence-corrected chi connectivity index (χ3v) is 5.58. The lowest BCUT2D eigenvalue weighted by Crippen LogP contribution is -2.48. The van der Waals surface area contributed by atoms with Crippen LogP contribution in [0.15, 0.2) is 66.7 Å². The van der Waals surface area contributed by atoms with Gasteiger partial charge in [0.15, 0.2) is 11.4 Å². The highest BCUT2D eigenvalue weighted by molar-refractivity contribution is 5.39. The molecule has 1 atom stereocenters. The Labute approximate surface area is 197 Å². The zero-order valence-electron chi connectivity index (χ0n) is 19.5. The van der Waals surface area contributed by atoms with Crippen LogP contribution in [-0.4, -0.2) is 57.6 Å². The van der Waals surface area contributed by atoms with Crippen LogP contribution in [0.1, 0.15) is 17.0 Å². The SMILES string of the molecule is COc1cc(OC)nc(OC(Cc2nnnn2C)C(OC)(c2ccccc2)c2ccccc2)n1. The first kappa shape index (κ1) is 23.1. The summed E-state index contributed by atoms with van der Waals surface area (Å²) in [4.78, 5) is 8.75. The van der Waals surface area contributed by atoms with Crippen LogP contribution in [0.25, 0.3) is 0 Å². The third kappa shape index (κ3) is 4.53. The minimum Gasteiger partial charge on any atom is -0.481 e. The second-order valence-corrected chi connectivity index (χ2v) is 7.44. The molecule has 0 fully saturated rings. The largest absolute Gasteiger partial charge is 0.481 e. The minimum atomic E-state index is -1.05. The molecule has 0 amide bonds. The van der Waals surface area contributed by atoms with E-state index in [2.05, 4.69) is 25.5 Å². The van der Waals surface area contributed by atoms with E-state index in [9.17, 15) is 0 Å². The molecule has 4 aromatic rings. The Kier molecular flexibility index (Phi) is 6.98. The predicted molar refractivity (Wildman–Crippen MR) is 123 cm³/mol. The topological polar surface area (TPSA) is 106 Å². The lowest BCUT2D eigenvalue weighted by molar-refractivity contribution is -0.0714. The molecule has 4 rings (SSSR count). The molecule has 0 saturated heterocycles. The van der Waals surface area contributed by atoms with Gasteiger partial charge in [0, 0.05) is 14.2 Å². The van der Waals surface area contributed by atoms with Crippen LogP contribution in [0.2, 0.25) is 0 Å². The second-order valence-electron chi connectivity index (χ2n) is 7.44. The van der Waals surface area contributed by atoms with Crippen LogP contribution in [0.5, 0.6) is 17.8 Å². The molecule has 34 heavy (non-hydrogen) atoms. The summed E-state index contributed by atoms with van der Waals surface area (Å²) in [7, 11) is 6.46. The molecule has 0 aliphatic carbocycles. The number of methoxy groups -OCH3 is 3. The summed E-state index contributed by atoms with van der Waals surface area (Å²) in [5.74, 6) is 1.22. The number of hydrogen-bond acceptors (Lipinski definition) is 9. The van der Waals surface area contributed by atoms with Gasteiger partial charge in [-0.3, -0.25) is 0 Å². The molecule has 2 aromatic carbocycles. The number of hydrogen-bond donors (Lipinski definition) is 0. The Balaban J connectivity index is 1.90. The van der Waals surface area contributed by atoms with Gasteiger partial charge in [-0.05, 0) is 21.6 Å². The number of benzene rings is 2. The van der Waals surface area contributed by atoms with E-state index in [1.165, 1.54) is 14.2 Å². The van der Waals surface area contributed by atoms with Gasteiger partial charge >= 0.3 is 6.01 Å². The van der Waals surface area contributed by atoms with E-state index in [0.29, 0.717) is 24.0 Å². The lowest BCUT2D eigenvalue weighted by Gasteiger charge is -2.39. The molecular weight excluding hydrogens is 436 g/mol. The molecule has 10 nitrogen and oxygen atoms in total. The maximum atomic E-state index is 6.48. The number of tetrazole rings is 1. The third-order valence-electron chi connectivity index (χ3n) is 5.58. The summed E-state index contributed by atoms with van der Waals surface area (Å²) < 4.78 is 25.0. The average Bonchev–Trinajstić information content (AvgIpc) is 3.30. The van der Waals surface area contributed by atoms with Gasteiger partial charge in [-0.1, -0.05) is 60.7 Å². The molecule has 0 radical (unpaired) electrons. The normalized spacial score (nSPS) is 12.2. The standard InChI is InChI=1S/C24H26N6O4/c1-30-20(27-28-29-30)15-19(34-23-25-21(31-2)16-22(26-23)32-3)24(33-4,17-11-7-5-8-12-17)18-13-9-6-10-14-18/h5-14,16,19H,15H2,1-4H3. The molecule has 2 heterocycles. The Morgan fingerprint density at radius 2 is 1.41 bits per heavy atom.